The van der Waals surface area contributed by atoms with Gasteiger partial charge in [-0.3, -0.25) is 9.88 Å². The van der Waals surface area contributed by atoms with E-state index in [1.807, 2.05) is 36.5 Å². The average molecular weight is 585 g/mol. The molecular weight excluding hydrogens is 558 g/mol. The van der Waals surface area contributed by atoms with Crippen LogP contribution in [0.25, 0.3) is 0 Å². The van der Waals surface area contributed by atoms with Gasteiger partial charge in [-0.1, -0.05) is 24.3 Å². The molecule has 0 radical (unpaired) electrons. The minimum atomic E-state index is -5.08. The maximum absolute atomic E-state index is 10.6. The normalized spacial score (nSPS) is 18.2. The lowest BCUT2D eigenvalue weighted by molar-refractivity contribution is -0.193. The second-order valence-corrected chi connectivity index (χ2v) is 10.0. The molecule has 15 heteroatoms. The Hall–Kier alpha value is -3.04. The second kappa shape index (κ2) is 13.8. The molecular formula is C24H26F6N2O6S. The Morgan fingerprint density at radius 3 is 2.10 bits per heavy atom. The van der Waals surface area contributed by atoms with Crippen LogP contribution in [-0.2, 0) is 27.5 Å². The number of aliphatic carboxylic acids is 2. The Bertz CT molecular complexity index is 1060. The van der Waals surface area contributed by atoms with E-state index < -0.39 is 24.3 Å². The smallest absolute Gasteiger partial charge is 0.490 e. The van der Waals surface area contributed by atoms with Gasteiger partial charge in [0.25, 0.3) is 0 Å². The van der Waals surface area contributed by atoms with Crippen LogP contribution in [0.15, 0.2) is 48.7 Å². The molecule has 1 aromatic carbocycles. The van der Waals surface area contributed by atoms with Crippen LogP contribution in [0.2, 0.25) is 0 Å². The molecule has 1 aromatic heterocycles. The molecule has 2 aliphatic heterocycles. The standard InChI is InChI=1S/C20H24N2O2S.2C2HF3O2/c1-23-19-8-3-2-6-16(19)11-22-14-20(15-22)10-18(13-25-20)24-12-17-7-4-5-9-21-17;2*3-2(4,5)1(6)7/h2-9,18H,10-15H2,1H3;2*(H,6,7). The summed E-state index contributed by atoms with van der Waals surface area (Å²) in [5.41, 5.74) is 2.28. The maximum atomic E-state index is 10.6. The van der Waals surface area contributed by atoms with Crippen molar-refractivity contribution in [2.24, 2.45) is 0 Å². The molecule has 0 amide bonds. The lowest BCUT2D eigenvalue weighted by Gasteiger charge is -2.47. The first-order valence-electron chi connectivity index (χ1n) is 11.2. The molecule has 216 valence electrons. The molecule has 1 unspecified atom stereocenters. The zero-order chi connectivity index (χ0) is 29.3. The predicted molar refractivity (Wildman–Crippen MR) is 128 cm³/mol. The molecule has 3 heterocycles. The topological polar surface area (TPSA) is 109 Å². The summed E-state index contributed by atoms with van der Waals surface area (Å²) in [5, 5.41) is 14.2. The molecule has 2 aromatic rings. The Labute approximate surface area is 223 Å². The number of aromatic nitrogens is 1. The summed E-state index contributed by atoms with van der Waals surface area (Å²) < 4.78 is 75.4. The molecule has 2 aliphatic rings. The second-order valence-electron chi connectivity index (χ2n) is 8.52. The molecule has 39 heavy (non-hydrogen) atoms. The molecule has 0 saturated carbocycles. The number of ether oxygens (including phenoxy) is 2. The van der Waals surface area contributed by atoms with Crippen LogP contribution >= 0.6 is 11.8 Å². The zero-order valence-electron chi connectivity index (χ0n) is 20.5. The third-order valence-corrected chi connectivity index (χ3v) is 7.04. The number of alkyl halides is 6. The van der Waals surface area contributed by atoms with Crippen LogP contribution in [0, 0.1) is 0 Å². The van der Waals surface area contributed by atoms with Gasteiger partial charge in [0.05, 0.1) is 25.5 Å². The van der Waals surface area contributed by atoms with Gasteiger partial charge in [-0.25, -0.2) is 9.59 Å². The Kier molecular flexibility index (Phi) is 11.4. The van der Waals surface area contributed by atoms with Crippen molar-refractivity contribution < 1.29 is 55.6 Å². The Balaban J connectivity index is 0.000000317. The van der Waals surface area contributed by atoms with E-state index in [9.17, 15) is 26.3 Å². The van der Waals surface area contributed by atoms with Gasteiger partial charge in [0, 0.05) is 41.9 Å². The van der Waals surface area contributed by atoms with Gasteiger partial charge in [0.15, 0.2) is 0 Å². The van der Waals surface area contributed by atoms with Crippen LogP contribution in [0.5, 0.6) is 5.75 Å². The summed E-state index contributed by atoms with van der Waals surface area (Å²) >= 11 is 2.08. The van der Waals surface area contributed by atoms with E-state index in [0.717, 1.165) is 43.3 Å². The van der Waals surface area contributed by atoms with Gasteiger partial charge in [0.2, 0.25) is 0 Å². The molecule has 2 N–H and O–H groups in total. The van der Waals surface area contributed by atoms with Crippen LogP contribution in [-0.4, -0.2) is 81.2 Å². The van der Waals surface area contributed by atoms with Crippen molar-refractivity contribution in [1.82, 2.24) is 9.88 Å². The first-order valence-corrected chi connectivity index (χ1v) is 12.2. The number of carboxylic acid groups (broad SMARTS) is 2. The first-order chi connectivity index (χ1) is 18.1. The van der Waals surface area contributed by atoms with Crippen LogP contribution in [0.1, 0.15) is 17.7 Å². The Morgan fingerprint density at radius 2 is 1.59 bits per heavy atom. The molecule has 1 spiro atoms. The van der Waals surface area contributed by atoms with Gasteiger partial charge >= 0.3 is 24.3 Å². The SMILES string of the molecule is COc1ccccc1CN1CC2(CC(OCc3ccccn3)CS2)C1.O=C(O)C(F)(F)F.O=C(O)C(F)(F)F. The molecule has 8 nitrogen and oxygen atoms in total. The predicted octanol–water partition coefficient (Wildman–Crippen LogP) is 4.63. The fraction of sp³-hybridized carbons (Fsp3) is 0.458. The number of benzene rings is 1. The van der Waals surface area contributed by atoms with Crippen LogP contribution in [0.3, 0.4) is 0 Å². The fourth-order valence-corrected chi connectivity index (χ4v) is 5.38. The number of para-hydroxylation sites is 1. The number of halogens is 6. The summed E-state index contributed by atoms with van der Waals surface area (Å²) in [7, 11) is 1.74. The van der Waals surface area contributed by atoms with Crippen LogP contribution in [0.4, 0.5) is 26.3 Å². The lowest BCUT2D eigenvalue weighted by atomic mass is 9.92. The van der Waals surface area contributed by atoms with Gasteiger partial charge in [0.1, 0.15) is 5.75 Å². The first kappa shape index (κ1) is 32.2. The number of thioether (sulfide) groups is 1. The van der Waals surface area contributed by atoms with Crippen molar-refractivity contribution >= 4 is 23.7 Å². The van der Waals surface area contributed by atoms with E-state index in [2.05, 4.69) is 33.8 Å². The largest absolute Gasteiger partial charge is 0.496 e. The monoisotopic (exact) mass is 584 g/mol. The van der Waals surface area contributed by atoms with Gasteiger partial charge in [-0.15, -0.1) is 11.8 Å². The molecule has 0 bridgehead atoms. The van der Waals surface area contributed by atoms with Gasteiger partial charge in [-0.2, -0.15) is 26.3 Å². The summed E-state index contributed by atoms with van der Waals surface area (Å²) in [6, 6.07) is 14.3. The number of likely N-dealkylation sites (tertiary alicyclic amines) is 1. The highest BCUT2D eigenvalue weighted by atomic mass is 32.2. The van der Waals surface area contributed by atoms with Crippen molar-refractivity contribution in [3.8, 4) is 5.75 Å². The van der Waals surface area contributed by atoms with Gasteiger partial charge in [-0.05, 0) is 24.6 Å². The lowest BCUT2D eigenvalue weighted by Crippen LogP contribution is -2.58. The molecule has 1 atom stereocenters. The van der Waals surface area contributed by atoms with E-state index in [1.165, 1.54) is 5.56 Å². The summed E-state index contributed by atoms with van der Waals surface area (Å²) in [5.74, 6) is -3.44. The number of rotatable bonds is 6. The van der Waals surface area contributed by atoms with Crippen molar-refractivity contribution in [2.45, 2.75) is 42.8 Å². The van der Waals surface area contributed by atoms with Crippen LogP contribution < -0.4 is 4.74 Å². The van der Waals surface area contributed by atoms with Crippen molar-refractivity contribution in [1.29, 1.82) is 0 Å². The Morgan fingerprint density at radius 1 is 1.03 bits per heavy atom. The van der Waals surface area contributed by atoms with Crippen molar-refractivity contribution in [3.05, 3.63) is 59.9 Å². The molecule has 0 aliphatic carbocycles. The van der Waals surface area contributed by atoms with Crippen molar-refractivity contribution in [2.75, 3.05) is 26.0 Å². The highest BCUT2D eigenvalue weighted by Crippen LogP contribution is 2.46. The zero-order valence-corrected chi connectivity index (χ0v) is 21.4. The number of hydrogen-bond donors (Lipinski definition) is 2. The average Bonchev–Trinajstić information content (AvgIpc) is 3.27. The summed E-state index contributed by atoms with van der Waals surface area (Å²) in [6.07, 6.45) is -6.85. The van der Waals surface area contributed by atoms with E-state index in [4.69, 9.17) is 29.3 Å². The van der Waals surface area contributed by atoms with E-state index in [0.29, 0.717) is 17.5 Å². The number of carboxylic acids is 2. The minimum Gasteiger partial charge on any atom is -0.496 e. The fourth-order valence-electron chi connectivity index (χ4n) is 3.77. The number of hydrogen-bond acceptors (Lipinski definition) is 7. The van der Waals surface area contributed by atoms with E-state index >= 15 is 0 Å². The number of carbonyl (C=O) groups is 2. The quantitative estimate of drug-likeness (QED) is 0.470. The molecule has 4 rings (SSSR count). The van der Waals surface area contributed by atoms with E-state index in [1.54, 1.807) is 7.11 Å². The van der Waals surface area contributed by atoms with Gasteiger partial charge < -0.3 is 19.7 Å². The van der Waals surface area contributed by atoms with E-state index in [-0.39, 0.29) is 0 Å². The number of methoxy groups -OCH3 is 1. The minimum absolute atomic E-state index is 0.348. The highest BCUT2D eigenvalue weighted by molar-refractivity contribution is 8.01. The maximum Gasteiger partial charge on any atom is 0.490 e. The third kappa shape index (κ3) is 10.6. The summed E-state index contributed by atoms with van der Waals surface area (Å²) in [4.78, 5) is 24.6. The molecule has 2 fully saturated rings. The highest BCUT2D eigenvalue weighted by Gasteiger charge is 2.49. The third-order valence-electron chi connectivity index (χ3n) is 5.46. The molecule has 2 saturated heterocycles. The number of nitrogens with zero attached hydrogens (tertiary/aromatic N) is 2. The number of pyridine rings is 1. The van der Waals surface area contributed by atoms with Crippen molar-refractivity contribution in [3.63, 3.8) is 0 Å². The summed E-state index contributed by atoms with van der Waals surface area (Å²) in [6.45, 7) is 3.86.